The summed E-state index contributed by atoms with van der Waals surface area (Å²) in [5.74, 6) is -0.538. The van der Waals surface area contributed by atoms with Gasteiger partial charge in [-0.2, -0.15) is 0 Å². The van der Waals surface area contributed by atoms with E-state index in [4.69, 9.17) is 9.47 Å². The van der Waals surface area contributed by atoms with Crippen LogP contribution in [-0.2, 0) is 19.1 Å². The molecule has 0 bridgehead atoms. The predicted molar refractivity (Wildman–Crippen MR) is 77.3 cm³/mol. The summed E-state index contributed by atoms with van der Waals surface area (Å²) < 4.78 is 11.3. The maximum Gasteiger partial charge on any atom is 0.309 e. The van der Waals surface area contributed by atoms with E-state index < -0.39 is 0 Å². The number of carbonyl (C=O) groups excluding carboxylic acids is 2. The van der Waals surface area contributed by atoms with Crippen molar-refractivity contribution in [1.29, 1.82) is 0 Å². The molecule has 1 heterocycles. The zero-order chi connectivity index (χ0) is 15.4. The molecule has 116 valence electrons. The zero-order valence-corrected chi connectivity index (χ0v) is 13.1. The molecule has 3 fully saturated rings. The molecule has 1 aliphatic heterocycles. The molecule has 2 aliphatic carbocycles. The van der Waals surface area contributed by atoms with Crippen molar-refractivity contribution in [2.24, 2.45) is 23.2 Å². The normalized spacial score (nSPS) is 45.6. The second-order valence-electron chi connectivity index (χ2n) is 7.26. The number of esters is 2. The Bertz CT molecular complexity index is 497. The van der Waals surface area contributed by atoms with E-state index in [1.165, 1.54) is 12.5 Å². The molecule has 0 aromatic heterocycles. The highest BCUT2D eigenvalue weighted by Crippen LogP contribution is 2.57. The molecule has 0 N–H and O–H groups in total. The van der Waals surface area contributed by atoms with Gasteiger partial charge >= 0.3 is 11.9 Å². The third kappa shape index (κ3) is 2.19. The number of fused-ring (bicyclic) bond motifs is 2. The Morgan fingerprint density at radius 2 is 2.19 bits per heavy atom. The van der Waals surface area contributed by atoms with Crippen LogP contribution in [0.15, 0.2) is 12.2 Å². The highest BCUT2D eigenvalue weighted by molar-refractivity contribution is 5.75. The average Bonchev–Trinajstić information content (AvgIpc) is 2.62. The van der Waals surface area contributed by atoms with Crippen LogP contribution in [0.2, 0.25) is 0 Å². The van der Waals surface area contributed by atoms with Crippen LogP contribution in [0, 0.1) is 23.2 Å². The summed E-state index contributed by atoms with van der Waals surface area (Å²) >= 11 is 0. The van der Waals surface area contributed by atoms with Gasteiger partial charge in [0.25, 0.3) is 0 Å². The van der Waals surface area contributed by atoms with E-state index in [1.807, 2.05) is 6.92 Å². The van der Waals surface area contributed by atoms with E-state index in [1.54, 1.807) is 0 Å². The molecule has 1 saturated heterocycles. The minimum absolute atomic E-state index is 0.0148. The first-order valence-corrected chi connectivity index (χ1v) is 7.89. The number of rotatable bonds is 1. The van der Waals surface area contributed by atoms with Crippen LogP contribution >= 0.6 is 0 Å². The Hall–Kier alpha value is -1.32. The Morgan fingerprint density at radius 3 is 2.86 bits per heavy atom. The van der Waals surface area contributed by atoms with E-state index in [0.717, 1.165) is 25.7 Å². The minimum Gasteiger partial charge on any atom is -0.462 e. The second-order valence-corrected chi connectivity index (χ2v) is 7.26. The average molecular weight is 292 g/mol. The quantitative estimate of drug-likeness (QED) is 0.551. The Labute approximate surface area is 125 Å². The van der Waals surface area contributed by atoms with Gasteiger partial charge in [0.15, 0.2) is 0 Å². The van der Waals surface area contributed by atoms with Crippen LogP contribution in [0.5, 0.6) is 0 Å². The molecular formula is C17H24O4. The first-order chi connectivity index (χ1) is 9.83. The number of hydrogen-bond donors (Lipinski definition) is 0. The molecule has 0 amide bonds. The SMILES string of the molecule is C=C1CCCC2(C)CC3OC(=O)C(C)C3C(OC(C)=O)C12. The lowest BCUT2D eigenvalue weighted by molar-refractivity contribution is -0.168. The van der Waals surface area contributed by atoms with Gasteiger partial charge < -0.3 is 9.47 Å². The van der Waals surface area contributed by atoms with E-state index in [9.17, 15) is 9.59 Å². The Balaban J connectivity index is 2.01. The van der Waals surface area contributed by atoms with Crippen molar-refractivity contribution >= 4 is 11.9 Å². The molecule has 0 aromatic rings. The fourth-order valence-corrected chi connectivity index (χ4v) is 4.89. The Kier molecular flexibility index (Phi) is 3.38. The number of hydrogen-bond acceptors (Lipinski definition) is 4. The maximum atomic E-state index is 12.0. The van der Waals surface area contributed by atoms with Gasteiger partial charge in [-0.1, -0.05) is 26.0 Å². The van der Waals surface area contributed by atoms with Crippen LogP contribution in [0.4, 0.5) is 0 Å². The second kappa shape index (κ2) is 4.85. The van der Waals surface area contributed by atoms with Crippen molar-refractivity contribution in [2.45, 2.75) is 58.7 Å². The lowest BCUT2D eigenvalue weighted by Gasteiger charge is -2.53. The van der Waals surface area contributed by atoms with Gasteiger partial charge in [0.1, 0.15) is 12.2 Å². The number of ether oxygens (including phenoxy) is 2. The molecule has 3 aliphatic rings. The van der Waals surface area contributed by atoms with Crippen molar-refractivity contribution < 1.29 is 19.1 Å². The highest BCUT2D eigenvalue weighted by atomic mass is 16.6. The lowest BCUT2D eigenvalue weighted by Crippen LogP contribution is -2.54. The molecular weight excluding hydrogens is 268 g/mol. The van der Waals surface area contributed by atoms with E-state index in [-0.39, 0.29) is 47.3 Å². The van der Waals surface area contributed by atoms with Crippen LogP contribution in [0.3, 0.4) is 0 Å². The smallest absolute Gasteiger partial charge is 0.309 e. The maximum absolute atomic E-state index is 12.0. The summed E-state index contributed by atoms with van der Waals surface area (Å²) in [6.07, 6.45) is 3.63. The van der Waals surface area contributed by atoms with Gasteiger partial charge in [0.2, 0.25) is 0 Å². The van der Waals surface area contributed by atoms with Crippen molar-refractivity contribution in [3.8, 4) is 0 Å². The summed E-state index contributed by atoms with van der Waals surface area (Å²) in [7, 11) is 0. The number of carbonyl (C=O) groups is 2. The van der Waals surface area contributed by atoms with Crippen molar-refractivity contribution in [2.75, 3.05) is 0 Å². The monoisotopic (exact) mass is 292 g/mol. The Morgan fingerprint density at radius 1 is 1.48 bits per heavy atom. The van der Waals surface area contributed by atoms with Gasteiger partial charge in [-0.3, -0.25) is 9.59 Å². The van der Waals surface area contributed by atoms with Crippen LogP contribution in [0.25, 0.3) is 0 Å². The minimum atomic E-state index is -0.284. The molecule has 0 aromatic carbocycles. The van der Waals surface area contributed by atoms with Crippen molar-refractivity contribution in [1.82, 2.24) is 0 Å². The molecule has 6 atom stereocenters. The van der Waals surface area contributed by atoms with Crippen LogP contribution < -0.4 is 0 Å². The molecule has 4 heteroatoms. The summed E-state index contributed by atoms with van der Waals surface area (Å²) in [6.45, 7) is 9.80. The molecule has 4 nitrogen and oxygen atoms in total. The topological polar surface area (TPSA) is 52.6 Å². The van der Waals surface area contributed by atoms with Gasteiger partial charge in [-0.05, 0) is 31.1 Å². The first-order valence-electron chi connectivity index (χ1n) is 7.89. The summed E-state index contributed by atoms with van der Waals surface area (Å²) in [4.78, 5) is 23.6. The standard InChI is InChI=1S/C17H24O4/c1-9-6-5-7-17(4)8-12-13(10(2)16(19)21-12)15(14(9)17)20-11(3)18/h10,12-15H,1,5-8H2,2-4H3. The summed E-state index contributed by atoms with van der Waals surface area (Å²) in [6, 6.07) is 0. The first kappa shape index (κ1) is 14.6. The summed E-state index contributed by atoms with van der Waals surface area (Å²) in [5, 5.41) is 0. The van der Waals surface area contributed by atoms with Gasteiger partial charge in [0.05, 0.1) is 5.92 Å². The van der Waals surface area contributed by atoms with Gasteiger partial charge in [0, 0.05) is 18.8 Å². The molecule has 3 rings (SSSR count). The van der Waals surface area contributed by atoms with Crippen LogP contribution in [-0.4, -0.2) is 24.1 Å². The molecule has 6 unspecified atom stereocenters. The largest absolute Gasteiger partial charge is 0.462 e. The predicted octanol–water partition coefficient (Wildman–Crippen LogP) is 2.86. The van der Waals surface area contributed by atoms with Gasteiger partial charge in [-0.15, -0.1) is 0 Å². The van der Waals surface area contributed by atoms with E-state index >= 15 is 0 Å². The summed E-state index contributed by atoms with van der Waals surface area (Å²) in [5.41, 5.74) is 1.18. The molecule has 2 saturated carbocycles. The van der Waals surface area contributed by atoms with Crippen molar-refractivity contribution in [3.63, 3.8) is 0 Å². The van der Waals surface area contributed by atoms with Gasteiger partial charge in [-0.25, -0.2) is 0 Å². The lowest BCUT2D eigenvalue weighted by atomic mass is 9.54. The fraction of sp³-hybridized carbons (Fsp3) is 0.765. The molecule has 21 heavy (non-hydrogen) atoms. The molecule has 0 spiro atoms. The van der Waals surface area contributed by atoms with Crippen LogP contribution in [0.1, 0.15) is 46.5 Å². The third-order valence-electron chi connectivity index (χ3n) is 5.76. The fourth-order valence-electron chi connectivity index (χ4n) is 4.89. The zero-order valence-electron chi connectivity index (χ0n) is 13.1. The molecule has 0 radical (unpaired) electrons. The van der Waals surface area contributed by atoms with Crippen molar-refractivity contribution in [3.05, 3.63) is 12.2 Å². The van der Waals surface area contributed by atoms with E-state index in [0.29, 0.717) is 0 Å². The highest BCUT2D eigenvalue weighted by Gasteiger charge is 2.60. The van der Waals surface area contributed by atoms with E-state index in [2.05, 4.69) is 13.5 Å². The third-order valence-corrected chi connectivity index (χ3v) is 5.76.